The van der Waals surface area contributed by atoms with Crippen molar-refractivity contribution >= 4 is 29.2 Å². The van der Waals surface area contributed by atoms with Gasteiger partial charge in [0.25, 0.3) is 0 Å². The Balaban J connectivity index is 2.15. The van der Waals surface area contributed by atoms with Gasteiger partial charge in [-0.25, -0.2) is 4.79 Å². The Kier molecular flexibility index (Phi) is 7.11. The van der Waals surface area contributed by atoms with Crippen molar-refractivity contribution in [2.45, 2.75) is 27.2 Å². The molecular weight excluding hydrogens is 344 g/mol. The number of nitrogens with one attached hydrogen (secondary N) is 1. The summed E-state index contributed by atoms with van der Waals surface area (Å²) < 4.78 is 5.01. The predicted molar refractivity (Wildman–Crippen MR) is 105 cm³/mol. The maximum Gasteiger partial charge on any atom is 0.340 e. The lowest BCUT2D eigenvalue weighted by molar-refractivity contribution is -0.120. The number of aryl methyl sites for hydroxylation is 1. The number of hydrogen-bond acceptors (Lipinski definition) is 4. The fourth-order valence-corrected chi connectivity index (χ4v) is 2.61. The highest BCUT2D eigenvalue weighted by Crippen LogP contribution is 2.18. The summed E-state index contributed by atoms with van der Waals surface area (Å²) in [7, 11) is 0. The van der Waals surface area contributed by atoms with Crippen LogP contribution < -0.4 is 10.2 Å². The van der Waals surface area contributed by atoms with E-state index in [0.29, 0.717) is 11.4 Å². The summed E-state index contributed by atoms with van der Waals surface area (Å²) >= 11 is 0. The molecule has 27 heavy (non-hydrogen) atoms. The van der Waals surface area contributed by atoms with Crippen molar-refractivity contribution in [1.29, 1.82) is 0 Å². The van der Waals surface area contributed by atoms with Crippen LogP contribution >= 0.6 is 0 Å². The molecule has 0 aliphatic carbocycles. The fourth-order valence-electron chi connectivity index (χ4n) is 2.61. The van der Waals surface area contributed by atoms with Crippen molar-refractivity contribution in [3.8, 4) is 0 Å². The molecule has 2 rings (SSSR count). The van der Waals surface area contributed by atoms with Crippen LogP contribution in [0.15, 0.2) is 48.5 Å². The molecule has 0 fully saturated rings. The molecule has 1 N–H and O–H groups in total. The standard InChI is InChI=1S/C21H24N2O4/c1-4-16-10-12-17(13-11-16)23(15(3)24)14-20(25)22-19-9-7-6-8-18(19)21(26)27-5-2/h6-13H,4-5,14H2,1-3H3,(H,22,25). The van der Waals surface area contributed by atoms with E-state index in [-0.39, 0.29) is 24.6 Å². The number of hydrogen-bond donors (Lipinski definition) is 1. The summed E-state index contributed by atoms with van der Waals surface area (Å²) in [5, 5.41) is 2.69. The van der Waals surface area contributed by atoms with Crippen molar-refractivity contribution in [2.24, 2.45) is 0 Å². The first kappa shape index (κ1) is 20.2. The molecule has 2 amide bonds. The third-order valence-corrected chi connectivity index (χ3v) is 4.03. The van der Waals surface area contributed by atoms with Crippen LogP contribution in [0.25, 0.3) is 0 Å². The van der Waals surface area contributed by atoms with Crippen LogP contribution in [0.1, 0.15) is 36.7 Å². The fraction of sp³-hybridized carbons (Fsp3) is 0.286. The number of benzene rings is 2. The SMILES string of the molecule is CCOC(=O)c1ccccc1NC(=O)CN(C(C)=O)c1ccc(CC)cc1. The van der Waals surface area contributed by atoms with Gasteiger partial charge in [0.05, 0.1) is 17.9 Å². The lowest BCUT2D eigenvalue weighted by Gasteiger charge is -2.21. The topological polar surface area (TPSA) is 75.7 Å². The number of carbonyl (C=O) groups excluding carboxylic acids is 3. The van der Waals surface area contributed by atoms with Crippen LogP contribution in [0.2, 0.25) is 0 Å². The summed E-state index contributed by atoms with van der Waals surface area (Å²) in [6.07, 6.45) is 0.894. The number of carbonyl (C=O) groups is 3. The van der Waals surface area contributed by atoms with Crippen LogP contribution in [-0.4, -0.2) is 30.9 Å². The first-order chi connectivity index (χ1) is 13.0. The Morgan fingerprint density at radius 2 is 1.67 bits per heavy atom. The third-order valence-electron chi connectivity index (χ3n) is 4.03. The number of rotatable bonds is 7. The van der Waals surface area contributed by atoms with Gasteiger partial charge >= 0.3 is 5.97 Å². The molecule has 6 nitrogen and oxygen atoms in total. The van der Waals surface area contributed by atoms with Gasteiger partial charge in [-0.1, -0.05) is 31.2 Å². The minimum atomic E-state index is -0.507. The van der Waals surface area contributed by atoms with Gasteiger partial charge < -0.3 is 15.0 Å². The number of nitrogens with zero attached hydrogens (tertiary/aromatic N) is 1. The quantitative estimate of drug-likeness (QED) is 0.760. The van der Waals surface area contributed by atoms with Gasteiger partial charge in [0.2, 0.25) is 11.8 Å². The first-order valence-corrected chi connectivity index (χ1v) is 8.89. The Hall–Kier alpha value is -3.15. The molecule has 0 spiro atoms. The molecule has 0 unspecified atom stereocenters. The zero-order valence-corrected chi connectivity index (χ0v) is 15.8. The van der Waals surface area contributed by atoms with Gasteiger partial charge in [-0.3, -0.25) is 9.59 Å². The van der Waals surface area contributed by atoms with Crippen LogP contribution in [-0.2, 0) is 20.7 Å². The summed E-state index contributed by atoms with van der Waals surface area (Å²) in [5.41, 5.74) is 2.42. The van der Waals surface area contributed by atoms with Crippen LogP contribution in [0.5, 0.6) is 0 Å². The molecule has 0 saturated carbocycles. The maximum absolute atomic E-state index is 12.5. The van der Waals surface area contributed by atoms with Crippen LogP contribution in [0.3, 0.4) is 0 Å². The maximum atomic E-state index is 12.5. The Labute approximate surface area is 159 Å². The van der Waals surface area contributed by atoms with Gasteiger partial charge in [0.15, 0.2) is 0 Å². The highest BCUT2D eigenvalue weighted by Gasteiger charge is 2.18. The monoisotopic (exact) mass is 368 g/mol. The zero-order chi connectivity index (χ0) is 19.8. The zero-order valence-electron chi connectivity index (χ0n) is 15.8. The second kappa shape index (κ2) is 9.52. The average molecular weight is 368 g/mol. The normalized spacial score (nSPS) is 10.2. The summed E-state index contributed by atoms with van der Waals surface area (Å²) in [6, 6.07) is 14.1. The molecule has 0 atom stereocenters. The number of anilines is 2. The summed E-state index contributed by atoms with van der Waals surface area (Å²) in [4.78, 5) is 37.9. The molecule has 6 heteroatoms. The van der Waals surface area contributed by atoms with Crippen LogP contribution in [0.4, 0.5) is 11.4 Å². The molecule has 0 aliphatic rings. The third kappa shape index (κ3) is 5.41. The number of para-hydroxylation sites is 1. The van der Waals surface area contributed by atoms with E-state index in [2.05, 4.69) is 5.32 Å². The minimum Gasteiger partial charge on any atom is -0.462 e. The second-order valence-corrected chi connectivity index (χ2v) is 5.94. The molecule has 0 bridgehead atoms. The minimum absolute atomic E-state index is 0.155. The average Bonchev–Trinajstić information content (AvgIpc) is 2.66. The Bertz CT molecular complexity index is 815. The first-order valence-electron chi connectivity index (χ1n) is 8.89. The molecule has 0 radical (unpaired) electrons. The molecule has 0 aliphatic heterocycles. The number of ether oxygens (including phenoxy) is 1. The van der Waals surface area contributed by atoms with Crippen molar-refractivity contribution in [1.82, 2.24) is 0 Å². The highest BCUT2D eigenvalue weighted by molar-refractivity contribution is 6.05. The van der Waals surface area contributed by atoms with Gasteiger partial charge in [-0.15, -0.1) is 0 Å². The smallest absolute Gasteiger partial charge is 0.340 e. The van der Waals surface area contributed by atoms with Crippen molar-refractivity contribution in [2.75, 3.05) is 23.4 Å². The second-order valence-electron chi connectivity index (χ2n) is 5.94. The largest absolute Gasteiger partial charge is 0.462 e. The summed E-state index contributed by atoms with van der Waals surface area (Å²) in [5.74, 6) is -1.15. The van der Waals surface area contributed by atoms with Crippen molar-refractivity contribution in [3.63, 3.8) is 0 Å². The molecule has 0 heterocycles. The van der Waals surface area contributed by atoms with E-state index >= 15 is 0 Å². The molecule has 2 aromatic rings. The molecule has 0 saturated heterocycles. The molecule has 2 aromatic carbocycles. The van der Waals surface area contributed by atoms with Gasteiger partial charge in [-0.05, 0) is 43.2 Å². The lowest BCUT2D eigenvalue weighted by atomic mass is 10.1. The molecule has 142 valence electrons. The van der Waals surface area contributed by atoms with E-state index in [9.17, 15) is 14.4 Å². The molecular formula is C21H24N2O4. The Morgan fingerprint density at radius 3 is 2.26 bits per heavy atom. The molecule has 0 aromatic heterocycles. The van der Waals surface area contributed by atoms with E-state index in [4.69, 9.17) is 4.74 Å². The lowest BCUT2D eigenvalue weighted by Crippen LogP contribution is -2.36. The van der Waals surface area contributed by atoms with Gasteiger partial charge in [0, 0.05) is 12.6 Å². The van der Waals surface area contributed by atoms with E-state index in [1.54, 1.807) is 31.2 Å². The van der Waals surface area contributed by atoms with E-state index in [1.165, 1.54) is 11.8 Å². The van der Waals surface area contributed by atoms with Crippen molar-refractivity contribution < 1.29 is 19.1 Å². The van der Waals surface area contributed by atoms with Gasteiger partial charge in [-0.2, -0.15) is 0 Å². The predicted octanol–water partition coefficient (Wildman–Crippen LogP) is 3.42. The summed E-state index contributed by atoms with van der Waals surface area (Å²) in [6.45, 7) is 5.26. The van der Waals surface area contributed by atoms with E-state index in [0.717, 1.165) is 12.0 Å². The van der Waals surface area contributed by atoms with E-state index < -0.39 is 11.9 Å². The highest BCUT2D eigenvalue weighted by atomic mass is 16.5. The number of esters is 1. The van der Waals surface area contributed by atoms with Gasteiger partial charge in [0.1, 0.15) is 6.54 Å². The van der Waals surface area contributed by atoms with Crippen LogP contribution in [0, 0.1) is 0 Å². The number of amides is 2. The van der Waals surface area contributed by atoms with E-state index in [1.807, 2.05) is 31.2 Å². The Morgan fingerprint density at radius 1 is 1.00 bits per heavy atom. The van der Waals surface area contributed by atoms with Crippen molar-refractivity contribution in [3.05, 3.63) is 59.7 Å².